The van der Waals surface area contributed by atoms with Crippen LogP contribution in [0.3, 0.4) is 0 Å². The monoisotopic (exact) mass is 282 g/mol. The van der Waals surface area contributed by atoms with Crippen molar-refractivity contribution in [1.82, 2.24) is 0 Å². The summed E-state index contributed by atoms with van der Waals surface area (Å²) in [4.78, 5) is 0. The van der Waals surface area contributed by atoms with Gasteiger partial charge in [-0.1, -0.05) is 42.3 Å². The molecular weight excluding hydrogens is 260 g/mol. The van der Waals surface area contributed by atoms with Gasteiger partial charge in [0.1, 0.15) is 0 Å². The standard InChI is InChI=1S/C19H22S/c1-7-8-11-17(14(2)3)19-13-10-9-12-18(19)15(4)16(5)20-6/h1,8-13,16H,4H2,2-3,5-6H3/b11-8-. The highest BCUT2D eigenvalue weighted by Gasteiger charge is 2.13. The third kappa shape index (κ3) is 3.92. The lowest BCUT2D eigenvalue weighted by Crippen LogP contribution is -2.02. The van der Waals surface area contributed by atoms with Crippen LogP contribution in [0.2, 0.25) is 0 Å². The molecule has 1 aromatic rings. The van der Waals surface area contributed by atoms with Crippen LogP contribution in [0.1, 0.15) is 31.9 Å². The molecule has 0 fully saturated rings. The Hall–Kier alpha value is -1.65. The molecule has 0 amide bonds. The average molecular weight is 282 g/mol. The van der Waals surface area contributed by atoms with E-state index >= 15 is 0 Å². The summed E-state index contributed by atoms with van der Waals surface area (Å²) in [7, 11) is 0. The Kier molecular flexibility index (Phi) is 6.42. The predicted molar refractivity (Wildman–Crippen MR) is 94.7 cm³/mol. The summed E-state index contributed by atoms with van der Waals surface area (Å²) in [6.07, 6.45) is 11.2. The molecule has 104 valence electrons. The highest BCUT2D eigenvalue weighted by Crippen LogP contribution is 2.32. The van der Waals surface area contributed by atoms with Crippen LogP contribution in [0, 0.1) is 12.3 Å². The van der Waals surface area contributed by atoms with Gasteiger partial charge < -0.3 is 0 Å². The zero-order valence-electron chi connectivity index (χ0n) is 12.7. The normalized spacial score (nSPS) is 11.9. The van der Waals surface area contributed by atoms with Crippen molar-refractivity contribution >= 4 is 22.9 Å². The van der Waals surface area contributed by atoms with E-state index in [-0.39, 0.29) is 0 Å². The van der Waals surface area contributed by atoms with Gasteiger partial charge in [-0.3, -0.25) is 0 Å². The molecule has 0 nitrogen and oxygen atoms in total. The van der Waals surface area contributed by atoms with Gasteiger partial charge in [0.25, 0.3) is 0 Å². The van der Waals surface area contributed by atoms with Gasteiger partial charge in [-0.25, -0.2) is 0 Å². The minimum Gasteiger partial charge on any atom is -0.157 e. The minimum atomic E-state index is 0.395. The van der Waals surface area contributed by atoms with Crippen LogP contribution in [-0.4, -0.2) is 11.5 Å². The Balaban J connectivity index is 3.39. The number of terminal acetylenes is 1. The lowest BCUT2D eigenvalue weighted by Gasteiger charge is -2.18. The van der Waals surface area contributed by atoms with E-state index in [0.29, 0.717) is 5.25 Å². The maximum atomic E-state index is 5.34. The topological polar surface area (TPSA) is 0 Å². The summed E-state index contributed by atoms with van der Waals surface area (Å²) in [6.45, 7) is 10.7. The molecule has 0 saturated heterocycles. The number of thioether (sulfide) groups is 1. The Labute approximate surface area is 127 Å². The van der Waals surface area contributed by atoms with Crippen molar-refractivity contribution in [1.29, 1.82) is 0 Å². The second-order valence-corrected chi connectivity index (χ2v) is 6.04. The fourth-order valence-corrected chi connectivity index (χ4v) is 2.43. The molecule has 20 heavy (non-hydrogen) atoms. The molecule has 0 saturated carbocycles. The summed E-state index contributed by atoms with van der Waals surface area (Å²) in [5.41, 5.74) is 5.97. The van der Waals surface area contributed by atoms with Gasteiger partial charge in [-0.15, -0.1) is 6.42 Å². The van der Waals surface area contributed by atoms with Crippen LogP contribution in [0.25, 0.3) is 11.1 Å². The fourth-order valence-electron chi connectivity index (χ4n) is 2.02. The highest BCUT2D eigenvalue weighted by molar-refractivity contribution is 7.99. The molecule has 0 aliphatic rings. The van der Waals surface area contributed by atoms with Crippen LogP contribution in [0.5, 0.6) is 0 Å². The van der Waals surface area contributed by atoms with E-state index in [1.54, 1.807) is 6.08 Å². The highest BCUT2D eigenvalue weighted by atomic mass is 32.2. The zero-order chi connectivity index (χ0) is 15.1. The smallest absolute Gasteiger partial charge is 0.0266 e. The predicted octanol–water partition coefficient (Wildman–Crippen LogP) is 5.43. The van der Waals surface area contributed by atoms with Crippen molar-refractivity contribution in [3.8, 4) is 12.3 Å². The van der Waals surface area contributed by atoms with Crippen LogP contribution in [0.15, 0.2) is 48.6 Å². The Morgan fingerprint density at radius 3 is 2.40 bits per heavy atom. The summed E-state index contributed by atoms with van der Waals surface area (Å²) in [5.74, 6) is 2.56. The largest absolute Gasteiger partial charge is 0.157 e. The van der Waals surface area contributed by atoms with Crippen molar-refractivity contribution in [2.75, 3.05) is 6.26 Å². The maximum absolute atomic E-state index is 5.34. The molecule has 1 heteroatoms. The summed E-state index contributed by atoms with van der Waals surface area (Å²) < 4.78 is 0. The van der Waals surface area contributed by atoms with E-state index in [0.717, 1.165) is 5.57 Å². The molecule has 0 radical (unpaired) electrons. The van der Waals surface area contributed by atoms with E-state index < -0.39 is 0 Å². The van der Waals surface area contributed by atoms with Crippen LogP contribution in [-0.2, 0) is 0 Å². The van der Waals surface area contributed by atoms with Gasteiger partial charge in [0.05, 0.1) is 0 Å². The van der Waals surface area contributed by atoms with Gasteiger partial charge >= 0.3 is 0 Å². The van der Waals surface area contributed by atoms with Gasteiger partial charge in [0, 0.05) is 5.25 Å². The summed E-state index contributed by atoms with van der Waals surface area (Å²) in [5, 5.41) is 0.395. The first-order valence-electron chi connectivity index (χ1n) is 6.64. The Morgan fingerprint density at radius 2 is 1.90 bits per heavy atom. The van der Waals surface area contributed by atoms with Gasteiger partial charge in [0.2, 0.25) is 0 Å². The third-order valence-electron chi connectivity index (χ3n) is 3.29. The lowest BCUT2D eigenvalue weighted by atomic mass is 9.91. The maximum Gasteiger partial charge on any atom is 0.0266 e. The SMILES string of the molecule is C#C/C=C\C(=C(C)C)c1ccccc1C(=C)C(C)SC. The number of rotatable bonds is 5. The van der Waals surface area contributed by atoms with E-state index in [9.17, 15) is 0 Å². The fraction of sp³-hybridized carbons (Fsp3) is 0.263. The molecule has 1 aromatic carbocycles. The van der Waals surface area contributed by atoms with Crippen molar-refractivity contribution in [3.05, 3.63) is 59.7 Å². The Bertz CT molecular complexity index is 578. The van der Waals surface area contributed by atoms with E-state index in [2.05, 4.69) is 63.8 Å². The van der Waals surface area contributed by atoms with Gasteiger partial charge in [0.15, 0.2) is 0 Å². The van der Waals surface area contributed by atoms with Gasteiger partial charge in [-0.2, -0.15) is 11.8 Å². The lowest BCUT2D eigenvalue weighted by molar-refractivity contribution is 1.26. The molecule has 0 spiro atoms. The number of benzene rings is 1. The Morgan fingerprint density at radius 1 is 1.30 bits per heavy atom. The van der Waals surface area contributed by atoms with E-state index in [1.807, 2.05) is 17.8 Å². The molecule has 0 aliphatic carbocycles. The van der Waals surface area contributed by atoms with Crippen molar-refractivity contribution in [2.45, 2.75) is 26.0 Å². The molecule has 1 rings (SSSR count). The number of hydrogen-bond acceptors (Lipinski definition) is 1. The summed E-state index contributed by atoms with van der Waals surface area (Å²) >= 11 is 1.81. The van der Waals surface area contributed by atoms with Crippen LogP contribution >= 0.6 is 11.8 Å². The molecule has 0 heterocycles. The molecule has 0 bridgehead atoms. The van der Waals surface area contributed by atoms with Crippen LogP contribution in [0.4, 0.5) is 0 Å². The summed E-state index contributed by atoms with van der Waals surface area (Å²) in [6, 6.07) is 8.39. The molecule has 0 N–H and O–H groups in total. The van der Waals surface area contributed by atoms with Gasteiger partial charge in [-0.05, 0) is 61.5 Å². The molecule has 0 aliphatic heterocycles. The molecule has 1 unspecified atom stereocenters. The third-order valence-corrected chi connectivity index (χ3v) is 4.28. The first-order valence-corrected chi connectivity index (χ1v) is 7.93. The molecule has 1 atom stereocenters. The van der Waals surface area contributed by atoms with Crippen molar-refractivity contribution in [3.63, 3.8) is 0 Å². The number of hydrogen-bond donors (Lipinski definition) is 0. The quantitative estimate of drug-likeness (QED) is 0.512. The van der Waals surface area contributed by atoms with E-state index in [1.165, 1.54) is 22.3 Å². The zero-order valence-corrected chi connectivity index (χ0v) is 13.6. The minimum absolute atomic E-state index is 0.395. The number of allylic oxidation sites excluding steroid dienone is 4. The van der Waals surface area contributed by atoms with Crippen molar-refractivity contribution in [2.24, 2.45) is 0 Å². The first-order chi connectivity index (χ1) is 9.52. The van der Waals surface area contributed by atoms with E-state index in [4.69, 9.17) is 6.42 Å². The van der Waals surface area contributed by atoms with Crippen molar-refractivity contribution < 1.29 is 0 Å². The van der Waals surface area contributed by atoms with Crippen LogP contribution < -0.4 is 0 Å². The second kappa shape index (κ2) is 7.82. The molecule has 0 aromatic heterocycles. The molecular formula is C19H22S. The first kappa shape index (κ1) is 16.4. The second-order valence-electron chi connectivity index (χ2n) is 4.86. The average Bonchev–Trinajstić information content (AvgIpc) is 2.46.